The molecule has 0 aliphatic rings. The van der Waals surface area contributed by atoms with Gasteiger partial charge in [-0.05, 0) is 82.1 Å². The molecule has 0 fully saturated rings. The van der Waals surface area contributed by atoms with Gasteiger partial charge < -0.3 is 15.0 Å². The number of rotatable bonds is 10. The van der Waals surface area contributed by atoms with Gasteiger partial charge in [-0.15, -0.1) is 0 Å². The quantitative estimate of drug-likeness (QED) is 0.353. The van der Waals surface area contributed by atoms with Crippen LogP contribution < -0.4 is 14.4 Å². The van der Waals surface area contributed by atoms with Crippen LogP contribution in [0.25, 0.3) is 0 Å². The lowest BCUT2D eigenvalue weighted by molar-refractivity contribution is -0.140. The highest BCUT2D eigenvalue weighted by atomic mass is 35.5. The molecule has 0 aliphatic heterocycles. The standard InChI is InChI=1S/C30H36ClN3O5S/c1-21-12-17-27(39-6)26(18-21)34(40(37,38)25-10-8-7-9-11-25)20-28(35)33(19-23-13-15-24(31)16-14-23)22(2)29(36)32-30(3,4)5/h7-18,22H,19-20H2,1-6H3,(H,32,36). The lowest BCUT2D eigenvalue weighted by Crippen LogP contribution is -2.54. The molecule has 3 aromatic rings. The van der Waals surface area contributed by atoms with Crippen molar-refractivity contribution in [1.29, 1.82) is 0 Å². The van der Waals surface area contributed by atoms with Crippen LogP contribution in [0.1, 0.15) is 38.8 Å². The van der Waals surface area contributed by atoms with Crippen molar-refractivity contribution >= 4 is 39.1 Å². The number of hydrogen-bond donors (Lipinski definition) is 1. The first-order valence-electron chi connectivity index (χ1n) is 12.8. The summed E-state index contributed by atoms with van der Waals surface area (Å²) in [5.41, 5.74) is 1.21. The van der Waals surface area contributed by atoms with Gasteiger partial charge in [0.2, 0.25) is 11.8 Å². The van der Waals surface area contributed by atoms with Crippen LogP contribution in [-0.4, -0.2) is 50.4 Å². The fourth-order valence-electron chi connectivity index (χ4n) is 4.07. The van der Waals surface area contributed by atoms with Gasteiger partial charge in [-0.25, -0.2) is 8.42 Å². The van der Waals surface area contributed by atoms with Crippen molar-refractivity contribution in [3.05, 3.63) is 88.9 Å². The summed E-state index contributed by atoms with van der Waals surface area (Å²) in [4.78, 5) is 28.6. The minimum absolute atomic E-state index is 0.0223. The van der Waals surface area contributed by atoms with E-state index in [1.165, 1.54) is 24.1 Å². The number of sulfonamides is 1. The van der Waals surface area contributed by atoms with Crippen molar-refractivity contribution < 1.29 is 22.7 Å². The molecule has 3 rings (SSSR count). The lowest BCUT2D eigenvalue weighted by Gasteiger charge is -2.33. The van der Waals surface area contributed by atoms with E-state index in [9.17, 15) is 18.0 Å². The number of nitrogens with zero attached hydrogens (tertiary/aromatic N) is 2. The minimum atomic E-state index is -4.20. The third-order valence-corrected chi connectivity index (χ3v) is 8.17. The van der Waals surface area contributed by atoms with E-state index in [-0.39, 0.29) is 23.0 Å². The molecule has 0 radical (unpaired) electrons. The van der Waals surface area contributed by atoms with Crippen molar-refractivity contribution in [3.63, 3.8) is 0 Å². The third kappa shape index (κ3) is 7.76. The molecule has 1 N–H and O–H groups in total. The average Bonchev–Trinajstić information content (AvgIpc) is 2.90. The second-order valence-corrected chi connectivity index (χ2v) is 12.9. The summed E-state index contributed by atoms with van der Waals surface area (Å²) < 4.78 is 34.5. The number of carbonyl (C=O) groups is 2. The number of carbonyl (C=O) groups excluding carboxylic acids is 2. The van der Waals surface area contributed by atoms with Gasteiger partial charge in [-0.3, -0.25) is 13.9 Å². The Morgan fingerprint density at radius 1 is 1.00 bits per heavy atom. The molecule has 8 nitrogen and oxygen atoms in total. The van der Waals surface area contributed by atoms with Crippen LogP contribution in [0.5, 0.6) is 5.75 Å². The summed E-state index contributed by atoms with van der Waals surface area (Å²) in [5, 5.41) is 3.44. The molecule has 10 heteroatoms. The van der Waals surface area contributed by atoms with Crippen molar-refractivity contribution in [2.24, 2.45) is 0 Å². The number of amides is 2. The van der Waals surface area contributed by atoms with Crippen LogP contribution in [0, 0.1) is 6.92 Å². The molecule has 0 saturated heterocycles. The summed E-state index contributed by atoms with van der Waals surface area (Å²) in [6.45, 7) is 8.50. The van der Waals surface area contributed by atoms with Gasteiger partial charge in [0.05, 0.1) is 17.7 Å². The Morgan fingerprint density at radius 2 is 1.62 bits per heavy atom. The second-order valence-electron chi connectivity index (χ2n) is 10.6. The van der Waals surface area contributed by atoms with Crippen molar-refractivity contribution in [1.82, 2.24) is 10.2 Å². The molecule has 1 atom stereocenters. The van der Waals surface area contributed by atoms with Gasteiger partial charge in [-0.1, -0.05) is 48.0 Å². The molecule has 0 aliphatic carbocycles. The SMILES string of the molecule is COc1ccc(C)cc1N(CC(=O)N(Cc1ccc(Cl)cc1)C(C)C(=O)NC(C)(C)C)S(=O)(=O)c1ccccc1. The predicted molar refractivity (Wildman–Crippen MR) is 158 cm³/mol. The van der Waals surface area contributed by atoms with Crippen molar-refractivity contribution in [2.75, 3.05) is 18.0 Å². The van der Waals surface area contributed by atoms with Crippen LogP contribution in [0.15, 0.2) is 77.7 Å². The van der Waals surface area contributed by atoms with Crippen LogP contribution >= 0.6 is 11.6 Å². The van der Waals surface area contributed by atoms with E-state index in [1.54, 1.807) is 67.6 Å². The molecule has 40 heavy (non-hydrogen) atoms. The van der Waals surface area contributed by atoms with Crippen molar-refractivity contribution in [3.8, 4) is 5.75 Å². The topological polar surface area (TPSA) is 96.0 Å². The van der Waals surface area contributed by atoms with E-state index in [0.717, 1.165) is 15.4 Å². The van der Waals surface area contributed by atoms with Crippen LogP contribution in [0.2, 0.25) is 5.02 Å². The number of aryl methyl sites for hydroxylation is 1. The molecule has 0 aromatic heterocycles. The van der Waals surface area contributed by atoms with Gasteiger partial charge in [0.15, 0.2) is 0 Å². The van der Waals surface area contributed by atoms with Gasteiger partial charge in [0.25, 0.3) is 10.0 Å². The van der Waals surface area contributed by atoms with Gasteiger partial charge in [-0.2, -0.15) is 0 Å². The van der Waals surface area contributed by atoms with Crippen molar-refractivity contribution in [2.45, 2.75) is 57.6 Å². The molecule has 0 heterocycles. The molecule has 3 aromatic carbocycles. The third-order valence-electron chi connectivity index (χ3n) is 6.14. The zero-order chi connectivity index (χ0) is 29.7. The zero-order valence-electron chi connectivity index (χ0n) is 23.6. The Morgan fingerprint density at radius 3 is 2.20 bits per heavy atom. The van der Waals surface area contributed by atoms with E-state index >= 15 is 0 Å². The maximum Gasteiger partial charge on any atom is 0.264 e. The molecule has 1 unspecified atom stereocenters. The second kappa shape index (κ2) is 12.7. The Kier molecular flexibility index (Phi) is 9.87. The maximum absolute atomic E-state index is 14.0. The Labute approximate surface area is 241 Å². The maximum atomic E-state index is 14.0. The highest BCUT2D eigenvalue weighted by Gasteiger charge is 2.34. The first-order valence-corrected chi connectivity index (χ1v) is 14.6. The van der Waals surface area contributed by atoms with E-state index in [4.69, 9.17) is 16.3 Å². The highest BCUT2D eigenvalue weighted by Crippen LogP contribution is 2.33. The monoisotopic (exact) mass is 585 g/mol. The molecule has 0 saturated carbocycles. The Bertz CT molecular complexity index is 1440. The first-order chi connectivity index (χ1) is 18.7. The molecular formula is C30H36ClN3O5S. The number of methoxy groups -OCH3 is 1. The molecule has 2 amide bonds. The number of anilines is 1. The number of ether oxygens (including phenoxy) is 1. The Hall–Kier alpha value is -3.56. The number of nitrogens with one attached hydrogen (secondary N) is 1. The summed E-state index contributed by atoms with van der Waals surface area (Å²) in [6, 6.07) is 19.0. The largest absolute Gasteiger partial charge is 0.495 e. The average molecular weight is 586 g/mol. The molecule has 214 valence electrons. The van der Waals surface area contributed by atoms with Gasteiger partial charge in [0.1, 0.15) is 18.3 Å². The zero-order valence-corrected chi connectivity index (χ0v) is 25.2. The summed E-state index contributed by atoms with van der Waals surface area (Å²) >= 11 is 6.05. The van der Waals surface area contributed by atoms with Crippen LogP contribution in [-0.2, 0) is 26.2 Å². The fraction of sp³-hybridized carbons (Fsp3) is 0.333. The number of benzene rings is 3. The number of halogens is 1. The van der Waals surface area contributed by atoms with Gasteiger partial charge >= 0.3 is 0 Å². The van der Waals surface area contributed by atoms with Gasteiger partial charge in [0, 0.05) is 17.1 Å². The predicted octanol–water partition coefficient (Wildman–Crippen LogP) is 5.18. The van der Waals surface area contributed by atoms with E-state index in [2.05, 4.69) is 5.32 Å². The van der Waals surface area contributed by atoms with E-state index in [0.29, 0.717) is 10.8 Å². The van der Waals surface area contributed by atoms with E-state index < -0.39 is 34.1 Å². The van der Waals surface area contributed by atoms with E-state index in [1.807, 2.05) is 27.7 Å². The van der Waals surface area contributed by atoms with Crippen LogP contribution in [0.4, 0.5) is 5.69 Å². The first kappa shape index (κ1) is 31.0. The smallest absolute Gasteiger partial charge is 0.264 e. The normalized spacial score (nSPS) is 12.4. The number of hydrogen-bond acceptors (Lipinski definition) is 5. The lowest BCUT2D eigenvalue weighted by atomic mass is 10.1. The summed E-state index contributed by atoms with van der Waals surface area (Å²) in [5.74, 6) is -0.629. The summed E-state index contributed by atoms with van der Waals surface area (Å²) in [7, 11) is -2.76. The Balaban J connectivity index is 2.09. The van der Waals surface area contributed by atoms with Crippen LogP contribution in [0.3, 0.4) is 0 Å². The fourth-order valence-corrected chi connectivity index (χ4v) is 5.63. The molecule has 0 spiro atoms. The molecule has 0 bridgehead atoms. The summed E-state index contributed by atoms with van der Waals surface area (Å²) in [6.07, 6.45) is 0. The highest BCUT2D eigenvalue weighted by molar-refractivity contribution is 7.92. The minimum Gasteiger partial charge on any atom is -0.495 e. The molecular weight excluding hydrogens is 550 g/mol.